The van der Waals surface area contributed by atoms with Gasteiger partial charge in [-0.3, -0.25) is 9.79 Å². The van der Waals surface area contributed by atoms with E-state index >= 15 is 0 Å². The summed E-state index contributed by atoms with van der Waals surface area (Å²) < 4.78 is 0. The largest absolute Gasteiger partial charge is 0.356 e. The molecule has 2 aromatic rings. The number of carbonyl (C=O) groups excluding carboxylic acids is 1. The molecule has 0 fully saturated rings. The van der Waals surface area contributed by atoms with Crippen molar-refractivity contribution in [1.82, 2.24) is 10.6 Å². The number of rotatable bonds is 7. The fraction of sp³-hybridized carbons (Fsp3) is 0.400. The number of hydrogen-bond donors (Lipinski definition) is 3. The molecule has 6 heteroatoms. The molecule has 1 amide bonds. The molecule has 5 nitrogen and oxygen atoms in total. The Morgan fingerprint density at radius 2 is 1.85 bits per heavy atom. The number of carbonyl (C=O) groups is 1. The second-order valence-corrected chi connectivity index (χ2v) is 7.39. The van der Waals surface area contributed by atoms with Crippen molar-refractivity contribution in [1.29, 1.82) is 0 Å². The van der Waals surface area contributed by atoms with Gasteiger partial charge in [0.2, 0.25) is 5.91 Å². The van der Waals surface area contributed by atoms with Gasteiger partial charge in [-0.05, 0) is 46.0 Å². The molecule has 140 valence electrons. The molecule has 26 heavy (non-hydrogen) atoms. The summed E-state index contributed by atoms with van der Waals surface area (Å²) in [5, 5.41) is 13.9. The average molecular weight is 373 g/mol. The van der Waals surface area contributed by atoms with Crippen molar-refractivity contribution >= 4 is 28.9 Å². The van der Waals surface area contributed by atoms with Crippen LogP contribution in [-0.2, 0) is 11.3 Å². The molecule has 0 radical (unpaired) electrons. The molecule has 3 N–H and O–H groups in total. The van der Waals surface area contributed by atoms with E-state index in [1.165, 1.54) is 5.56 Å². The van der Waals surface area contributed by atoms with E-state index in [2.05, 4.69) is 44.7 Å². The van der Waals surface area contributed by atoms with Gasteiger partial charge in [-0.25, -0.2) is 0 Å². The average Bonchev–Trinajstić information content (AvgIpc) is 3.17. The monoisotopic (exact) mass is 372 g/mol. The van der Waals surface area contributed by atoms with Crippen molar-refractivity contribution in [3.63, 3.8) is 0 Å². The molecule has 0 aliphatic carbocycles. The molecule has 1 aromatic carbocycles. The van der Waals surface area contributed by atoms with Crippen LogP contribution in [0.2, 0.25) is 0 Å². The maximum absolute atomic E-state index is 11.7. The van der Waals surface area contributed by atoms with Crippen molar-refractivity contribution in [3.05, 3.63) is 52.2 Å². The Morgan fingerprint density at radius 1 is 1.12 bits per heavy atom. The lowest BCUT2D eigenvalue weighted by Crippen LogP contribution is -2.38. The molecule has 1 atom stereocenters. The number of thiophene rings is 1. The maximum Gasteiger partial charge on any atom is 0.226 e. The Kier molecular flexibility index (Phi) is 7.66. The first-order valence-electron chi connectivity index (χ1n) is 8.86. The van der Waals surface area contributed by atoms with Crippen LogP contribution in [0.5, 0.6) is 0 Å². The number of amides is 1. The van der Waals surface area contributed by atoms with Gasteiger partial charge in [-0.1, -0.05) is 32.9 Å². The van der Waals surface area contributed by atoms with E-state index in [1.54, 1.807) is 18.4 Å². The van der Waals surface area contributed by atoms with E-state index < -0.39 is 0 Å². The van der Waals surface area contributed by atoms with E-state index in [4.69, 9.17) is 0 Å². The van der Waals surface area contributed by atoms with Crippen LogP contribution in [-0.4, -0.2) is 25.5 Å². The normalized spacial score (nSPS) is 12.7. The van der Waals surface area contributed by atoms with Gasteiger partial charge in [0.05, 0.1) is 0 Å². The third kappa shape index (κ3) is 6.19. The Hall–Kier alpha value is -2.34. The number of nitrogens with zero attached hydrogens (tertiary/aromatic N) is 1. The zero-order chi connectivity index (χ0) is 18.9. The van der Waals surface area contributed by atoms with Gasteiger partial charge >= 0.3 is 0 Å². The highest BCUT2D eigenvalue weighted by atomic mass is 32.1. The Balaban J connectivity index is 1.80. The predicted molar refractivity (Wildman–Crippen MR) is 111 cm³/mol. The summed E-state index contributed by atoms with van der Waals surface area (Å²) in [5.74, 6) is 1.22. The predicted octanol–water partition coefficient (Wildman–Crippen LogP) is 3.81. The number of hydrogen-bond acceptors (Lipinski definition) is 3. The highest BCUT2D eigenvalue weighted by Gasteiger charge is 2.08. The molecule has 0 spiro atoms. The molecule has 1 heterocycles. The molecule has 0 bridgehead atoms. The molecule has 0 aliphatic rings. The minimum Gasteiger partial charge on any atom is -0.356 e. The molecule has 1 unspecified atom stereocenters. The SMILES string of the molecule is CN=C(NCc1ccc(NC(=O)C(C)C)cc1)NCC(C)c1ccsc1. The number of guanidine groups is 1. The van der Waals surface area contributed by atoms with Gasteiger partial charge in [-0.2, -0.15) is 11.3 Å². The van der Waals surface area contributed by atoms with Gasteiger partial charge in [0, 0.05) is 31.7 Å². The first kappa shape index (κ1) is 20.0. The second-order valence-electron chi connectivity index (χ2n) is 6.61. The zero-order valence-corrected chi connectivity index (χ0v) is 16.7. The summed E-state index contributed by atoms with van der Waals surface area (Å²) in [6.45, 7) is 7.46. The summed E-state index contributed by atoms with van der Waals surface area (Å²) in [6, 6.07) is 10.0. The van der Waals surface area contributed by atoms with E-state index in [9.17, 15) is 4.79 Å². The van der Waals surface area contributed by atoms with Crippen LogP contribution in [0.15, 0.2) is 46.1 Å². The fourth-order valence-corrected chi connectivity index (χ4v) is 3.10. The van der Waals surface area contributed by atoms with Crippen LogP contribution in [0.25, 0.3) is 0 Å². The van der Waals surface area contributed by atoms with Gasteiger partial charge in [0.25, 0.3) is 0 Å². The van der Waals surface area contributed by atoms with Crippen molar-refractivity contribution in [2.24, 2.45) is 10.9 Å². The van der Waals surface area contributed by atoms with Gasteiger partial charge in [-0.15, -0.1) is 0 Å². The standard InChI is InChI=1S/C20H28N4OS/c1-14(2)19(25)24-18-7-5-16(6-8-18)12-23-20(21-4)22-11-15(3)17-9-10-26-13-17/h5-10,13-15H,11-12H2,1-4H3,(H,24,25)(H2,21,22,23). The fourth-order valence-electron chi connectivity index (χ4n) is 2.32. The van der Waals surface area contributed by atoms with E-state index in [0.717, 1.165) is 23.8 Å². The third-order valence-electron chi connectivity index (χ3n) is 4.12. The van der Waals surface area contributed by atoms with Gasteiger partial charge < -0.3 is 16.0 Å². The molecule has 0 saturated heterocycles. The Bertz CT molecular complexity index is 708. The topological polar surface area (TPSA) is 65.5 Å². The van der Waals surface area contributed by atoms with Crippen LogP contribution in [0, 0.1) is 5.92 Å². The lowest BCUT2D eigenvalue weighted by atomic mass is 10.1. The van der Waals surface area contributed by atoms with Crippen LogP contribution in [0.4, 0.5) is 5.69 Å². The quantitative estimate of drug-likeness (QED) is 0.511. The summed E-state index contributed by atoms with van der Waals surface area (Å²) >= 11 is 1.72. The highest BCUT2D eigenvalue weighted by molar-refractivity contribution is 7.07. The van der Waals surface area contributed by atoms with Crippen molar-refractivity contribution in [2.45, 2.75) is 33.2 Å². The summed E-state index contributed by atoms with van der Waals surface area (Å²) in [5.41, 5.74) is 3.29. The molecule has 2 rings (SSSR count). The van der Waals surface area contributed by atoms with Gasteiger partial charge in [0.15, 0.2) is 5.96 Å². The number of nitrogens with one attached hydrogen (secondary N) is 3. The Morgan fingerprint density at radius 3 is 2.42 bits per heavy atom. The molecule has 0 saturated carbocycles. The highest BCUT2D eigenvalue weighted by Crippen LogP contribution is 2.17. The van der Waals surface area contributed by atoms with Crippen LogP contribution in [0.1, 0.15) is 37.8 Å². The van der Waals surface area contributed by atoms with E-state index in [-0.39, 0.29) is 11.8 Å². The molecule has 1 aromatic heterocycles. The summed E-state index contributed by atoms with van der Waals surface area (Å²) in [6.07, 6.45) is 0. The van der Waals surface area contributed by atoms with Crippen LogP contribution >= 0.6 is 11.3 Å². The first-order valence-corrected chi connectivity index (χ1v) is 9.80. The zero-order valence-electron chi connectivity index (χ0n) is 15.9. The van der Waals surface area contributed by atoms with Crippen molar-refractivity contribution in [3.8, 4) is 0 Å². The number of aliphatic imine (C=N–C) groups is 1. The van der Waals surface area contributed by atoms with E-state index in [0.29, 0.717) is 12.5 Å². The smallest absolute Gasteiger partial charge is 0.226 e. The van der Waals surface area contributed by atoms with Gasteiger partial charge in [0.1, 0.15) is 0 Å². The third-order valence-corrected chi connectivity index (χ3v) is 4.82. The maximum atomic E-state index is 11.7. The van der Waals surface area contributed by atoms with Crippen LogP contribution < -0.4 is 16.0 Å². The molecular formula is C20H28N4OS. The minimum atomic E-state index is -0.0257. The Labute approximate surface area is 159 Å². The lowest BCUT2D eigenvalue weighted by molar-refractivity contribution is -0.118. The van der Waals surface area contributed by atoms with E-state index in [1.807, 2.05) is 38.1 Å². The van der Waals surface area contributed by atoms with Crippen LogP contribution in [0.3, 0.4) is 0 Å². The number of benzene rings is 1. The van der Waals surface area contributed by atoms with Crippen molar-refractivity contribution < 1.29 is 4.79 Å². The molecular weight excluding hydrogens is 344 g/mol. The number of anilines is 1. The molecule has 0 aliphatic heterocycles. The lowest BCUT2D eigenvalue weighted by Gasteiger charge is -2.15. The second kappa shape index (κ2) is 9.97. The summed E-state index contributed by atoms with van der Waals surface area (Å²) in [7, 11) is 1.77. The van der Waals surface area contributed by atoms with Crippen molar-refractivity contribution in [2.75, 3.05) is 18.9 Å². The minimum absolute atomic E-state index is 0.0257. The first-order chi connectivity index (χ1) is 12.5. The summed E-state index contributed by atoms with van der Waals surface area (Å²) in [4.78, 5) is 16.0.